The molecule has 0 saturated carbocycles. The van der Waals surface area contributed by atoms with E-state index in [1.54, 1.807) is 12.5 Å². The largest absolute Gasteiger partial charge is 0.340 e. The van der Waals surface area contributed by atoms with E-state index >= 15 is 0 Å². The molecule has 2 heterocycles. The quantitative estimate of drug-likeness (QED) is 0.417. The maximum absolute atomic E-state index is 12.4. The summed E-state index contributed by atoms with van der Waals surface area (Å²) in [6.07, 6.45) is 6.07. The average Bonchev–Trinajstić information content (AvgIpc) is 3.30. The number of rotatable bonds is 6. The number of hydrogen-bond donors (Lipinski definition) is 3. The van der Waals surface area contributed by atoms with Gasteiger partial charge >= 0.3 is 6.03 Å². The van der Waals surface area contributed by atoms with Crippen LogP contribution < -0.4 is 16.0 Å². The summed E-state index contributed by atoms with van der Waals surface area (Å²) in [6.45, 7) is 3.90. The molecule has 0 bridgehead atoms. The van der Waals surface area contributed by atoms with Gasteiger partial charge in [-0.15, -0.1) is 0 Å². The summed E-state index contributed by atoms with van der Waals surface area (Å²) >= 11 is 0. The fraction of sp³-hybridized carbons (Fsp3) is 0.130. The maximum Gasteiger partial charge on any atom is 0.323 e. The Hall–Kier alpha value is -4.20. The van der Waals surface area contributed by atoms with Crippen LogP contribution in [0.4, 0.5) is 27.7 Å². The topological polar surface area (TPSA) is 96.8 Å². The molecule has 31 heavy (non-hydrogen) atoms. The Morgan fingerprint density at radius 2 is 1.77 bits per heavy atom. The second-order valence-electron chi connectivity index (χ2n) is 6.92. The molecular weight excluding hydrogens is 390 g/mol. The summed E-state index contributed by atoms with van der Waals surface area (Å²) in [7, 11) is 0. The first-order chi connectivity index (χ1) is 15.1. The summed E-state index contributed by atoms with van der Waals surface area (Å²) in [5.41, 5.74) is 3.44. The van der Waals surface area contributed by atoms with Crippen molar-refractivity contribution in [1.29, 1.82) is 0 Å². The van der Waals surface area contributed by atoms with Crippen molar-refractivity contribution >= 4 is 28.9 Å². The lowest BCUT2D eigenvalue weighted by molar-refractivity contribution is 0.262. The molecule has 2 amide bonds. The molecule has 4 aromatic rings. The van der Waals surface area contributed by atoms with Crippen molar-refractivity contribution in [2.45, 2.75) is 20.3 Å². The Balaban J connectivity index is 1.41. The summed E-state index contributed by atoms with van der Waals surface area (Å²) in [5.74, 6) is 2.05. The molecule has 8 heteroatoms. The molecule has 0 aliphatic heterocycles. The zero-order valence-corrected chi connectivity index (χ0v) is 17.3. The number of nitrogens with one attached hydrogen (secondary N) is 3. The van der Waals surface area contributed by atoms with Crippen molar-refractivity contribution in [3.05, 3.63) is 84.7 Å². The number of imidazole rings is 1. The van der Waals surface area contributed by atoms with E-state index in [-0.39, 0.29) is 6.03 Å². The van der Waals surface area contributed by atoms with E-state index < -0.39 is 0 Å². The van der Waals surface area contributed by atoms with E-state index in [1.807, 2.05) is 72.3 Å². The van der Waals surface area contributed by atoms with E-state index in [0.29, 0.717) is 17.3 Å². The molecule has 0 unspecified atom stereocenters. The summed E-state index contributed by atoms with van der Waals surface area (Å²) in [6, 6.07) is 16.8. The number of para-hydroxylation sites is 1. The summed E-state index contributed by atoms with van der Waals surface area (Å²) in [4.78, 5) is 25.3. The number of hydrogen-bond acceptors (Lipinski definition) is 5. The van der Waals surface area contributed by atoms with Gasteiger partial charge in [0.2, 0.25) is 0 Å². The Labute approximate surface area is 180 Å². The van der Waals surface area contributed by atoms with Gasteiger partial charge in [-0.3, -0.25) is 4.57 Å². The molecule has 0 aliphatic rings. The predicted octanol–water partition coefficient (Wildman–Crippen LogP) is 4.92. The molecule has 0 atom stereocenters. The van der Waals surface area contributed by atoms with Crippen LogP contribution in [0.15, 0.2) is 73.3 Å². The summed E-state index contributed by atoms with van der Waals surface area (Å²) < 4.78 is 1.82. The average molecular weight is 413 g/mol. The first-order valence-electron chi connectivity index (χ1n) is 9.98. The fourth-order valence-electron chi connectivity index (χ4n) is 3.16. The van der Waals surface area contributed by atoms with E-state index in [1.165, 1.54) is 0 Å². The molecule has 4 rings (SSSR count). The minimum absolute atomic E-state index is 0.280. The van der Waals surface area contributed by atoms with E-state index in [2.05, 4.69) is 37.8 Å². The van der Waals surface area contributed by atoms with Crippen molar-refractivity contribution in [3.63, 3.8) is 0 Å². The van der Waals surface area contributed by atoms with Gasteiger partial charge in [0.15, 0.2) is 0 Å². The van der Waals surface area contributed by atoms with Crippen LogP contribution in [-0.4, -0.2) is 25.6 Å². The Morgan fingerprint density at radius 1 is 1.00 bits per heavy atom. The summed E-state index contributed by atoms with van der Waals surface area (Å²) in [5, 5.41) is 9.03. The molecule has 2 aromatic heterocycles. The van der Waals surface area contributed by atoms with Gasteiger partial charge in [0.05, 0.1) is 0 Å². The molecule has 156 valence electrons. The Morgan fingerprint density at radius 3 is 2.52 bits per heavy atom. The van der Waals surface area contributed by atoms with Gasteiger partial charge in [0.1, 0.15) is 23.8 Å². The number of urea groups is 1. The van der Waals surface area contributed by atoms with Gasteiger partial charge in [0, 0.05) is 35.5 Å². The normalized spacial score (nSPS) is 10.5. The first kappa shape index (κ1) is 20.1. The van der Waals surface area contributed by atoms with Gasteiger partial charge in [-0.2, -0.15) is 0 Å². The lowest BCUT2D eigenvalue weighted by atomic mass is 10.1. The first-order valence-corrected chi connectivity index (χ1v) is 9.98. The third-order valence-corrected chi connectivity index (χ3v) is 4.66. The molecule has 8 nitrogen and oxygen atoms in total. The molecular formula is C23H23N7O. The molecule has 0 fully saturated rings. The van der Waals surface area contributed by atoms with Crippen molar-refractivity contribution in [3.8, 4) is 5.82 Å². The monoisotopic (exact) mass is 413 g/mol. The van der Waals surface area contributed by atoms with Crippen LogP contribution >= 0.6 is 0 Å². The van der Waals surface area contributed by atoms with Crippen LogP contribution in [0.5, 0.6) is 0 Å². The number of amides is 2. The minimum Gasteiger partial charge on any atom is -0.340 e. The number of anilines is 4. The highest BCUT2D eigenvalue weighted by atomic mass is 16.2. The SMILES string of the molecule is CCc1ccccc1NC(=O)Nc1ccc(Nc2cc(-n3ccnc3)nc(C)n2)cc1. The van der Waals surface area contributed by atoms with Gasteiger partial charge in [-0.25, -0.2) is 19.7 Å². The third-order valence-electron chi connectivity index (χ3n) is 4.66. The molecule has 0 radical (unpaired) electrons. The standard InChI is InChI=1S/C23H23N7O/c1-3-17-6-4-5-7-20(17)29-23(31)28-19-10-8-18(9-11-19)27-21-14-22(26-16(2)25-21)30-13-12-24-15-30/h4-15H,3H2,1-2H3,(H,25,26,27)(H2,28,29,31). The molecule has 0 spiro atoms. The number of carbonyl (C=O) groups is 1. The third kappa shape index (κ3) is 5.05. The lowest BCUT2D eigenvalue weighted by Gasteiger charge is -2.12. The number of aromatic nitrogens is 4. The van der Waals surface area contributed by atoms with Crippen molar-refractivity contribution in [2.24, 2.45) is 0 Å². The van der Waals surface area contributed by atoms with Crippen LogP contribution in [0.2, 0.25) is 0 Å². The minimum atomic E-state index is -0.280. The Bertz CT molecular complexity index is 1170. The van der Waals surface area contributed by atoms with Gasteiger partial charge in [-0.1, -0.05) is 25.1 Å². The highest BCUT2D eigenvalue weighted by molar-refractivity contribution is 6.00. The Kier molecular flexibility index (Phi) is 5.89. The van der Waals surface area contributed by atoms with E-state index in [0.717, 1.165) is 29.2 Å². The molecule has 0 aliphatic carbocycles. The smallest absolute Gasteiger partial charge is 0.323 e. The van der Waals surface area contributed by atoms with E-state index in [9.17, 15) is 4.79 Å². The number of aryl methyl sites for hydroxylation is 2. The number of nitrogens with zero attached hydrogens (tertiary/aromatic N) is 4. The highest BCUT2D eigenvalue weighted by Gasteiger charge is 2.07. The zero-order chi connectivity index (χ0) is 21.6. The van der Waals surface area contributed by atoms with Gasteiger partial charge in [0.25, 0.3) is 0 Å². The molecule has 2 aromatic carbocycles. The lowest BCUT2D eigenvalue weighted by Crippen LogP contribution is -2.20. The molecule has 3 N–H and O–H groups in total. The van der Waals surface area contributed by atoms with Gasteiger partial charge in [-0.05, 0) is 49.2 Å². The fourth-order valence-corrected chi connectivity index (χ4v) is 3.16. The van der Waals surface area contributed by atoms with Gasteiger partial charge < -0.3 is 16.0 Å². The second-order valence-corrected chi connectivity index (χ2v) is 6.92. The zero-order valence-electron chi connectivity index (χ0n) is 17.3. The maximum atomic E-state index is 12.4. The van der Waals surface area contributed by atoms with E-state index in [4.69, 9.17) is 0 Å². The van der Waals surface area contributed by atoms with Crippen LogP contribution in [0.25, 0.3) is 5.82 Å². The predicted molar refractivity (Wildman–Crippen MR) is 122 cm³/mol. The van der Waals surface area contributed by atoms with Crippen LogP contribution in [0, 0.1) is 6.92 Å². The van der Waals surface area contributed by atoms with Crippen molar-refractivity contribution < 1.29 is 4.79 Å². The second kappa shape index (κ2) is 9.08. The molecule has 0 saturated heterocycles. The van der Waals surface area contributed by atoms with Crippen LogP contribution in [0.1, 0.15) is 18.3 Å². The number of benzene rings is 2. The van der Waals surface area contributed by atoms with Crippen LogP contribution in [-0.2, 0) is 6.42 Å². The highest BCUT2D eigenvalue weighted by Crippen LogP contribution is 2.20. The van der Waals surface area contributed by atoms with Crippen molar-refractivity contribution in [1.82, 2.24) is 19.5 Å². The number of carbonyl (C=O) groups excluding carboxylic acids is 1. The van der Waals surface area contributed by atoms with Crippen molar-refractivity contribution in [2.75, 3.05) is 16.0 Å². The van der Waals surface area contributed by atoms with Crippen LogP contribution in [0.3, 0.4) is 0 Å².